The van der Waals surface area contributed by atoms with Gasteiger partial charge in [0.15, 0.2) is 0 Å². The lowest BCUT2D eigenvalue weighted by molar-refractivity contribution is -0.129. The van der Waals surface area contributed by atoms with Crippen LogP contribution in [-0.4, -0.2) is 49.9 Å². The molecule has 0 atom stereocenters. The maximum Gasteiger partial charge on any atom is 0.345 e. The van der Waals surface area contributed by atoms with E-state index in [4.69, 9.17) is 19.0 Å². The minimum atomic E-state index is -4.29. The highest BCUT2D eigenvalue weighted by Crippen LogP contribution is 2.49. The van der Waals surface area contributed by atoms with E-state index in [2.05, 4.69) is 0 Å². The number of nitrogens with one attached hydrogen (secondary N) is 1. The van der Waals surface area contributed by atoms with Crippen LogP contribution < -0.4 is 10.2 Å². The maximum atomic E-state index is 13.1. The van der Waals surface area contributed by atoms with Crippen molar-refractivity contribution in [2.75, 3.05) is 26.0 Å². The van der Waals surface area contributed by atoms with E-state index in [1.807, 2.05) is 6.07 Å². The molecule has 2 aromatic rings. The van der Waals surface area contributed by atoms with Crippen molar-refractivity contribution in [3.8, 4) is 11.5 Å². The maximum absolute atomic E-state index is 13.1. The van der Waals surface area contributed by atoms with Crippen LogP contribution in [0.5, 0.6) is 11.5 Å². The van der Waals surface area contributed by atoms with Crippen molar-refractivity contribution in [3.63, 3.8) is 0 Å². The van der Waals surface area contributed by atoms with Crippen LogP contribution >= 0.6 is 7.60 Å². The number of carbonyl (C=O) groups is 1. The first-order valence-electron chi connectivity index (χ1n) is 9.38. The van der Waals surface area contributed by atoms with Crippen LogP contribution in [0.2, 0.25) is 0 Å². The summed E-state index contributed by atoms with van der Waals surface area (Å²) in [6.45, 7) is 2.41. The minimum Gasteiger partial charge on any atom is -0.457 e. The summed E-state index contributed by atoms with van der Waals surface area (Å²) in [5, 5.41) is 8.83. The zero-order valence-corrected chi connectivity index (χ0v) is 18.8. The number of benzene rings is 2. The summed E-state index contributed by atoms with van der Waals surface area (Å²) in [6, 6.07) is 14.4. The quantitative estimate of drug-likeness (QED) is 0.274. The zero-order chi connectivity index (χ0) is 22.9. The molecule has 0 saturated carbocycles. The van der Waals surface area contributed by atoms with Crippen molar-refractivity contribution in [1.29, 1.82) is 0 Å². The van der Waals surface area contributed by atoms with Crippen LogP contribution in [-0.2, 0) is 28.4 Å². The number of para-hydroxylation sites is 1. The summed E-state index contributed by atoms with van der Waals surface area (Å²) in [5.41, 5.74) is 1.37. The number of carbonyl (C=O) groups excluding carboxylic acids is 1. The van der Waals surface area contributed by atoms with Gasteiger partial charge in [-0.25, -0.2) is 13.9 Å². The van der Waals surface area contributed by atoms with Gasteiger partial charge in [-0.05, 0) is 50.2 Å². The summed E-state index contributed by atoms with van der Waals surface area (Å²) in [4.78, 5) is 11.5. The van der Waals surface area contributed by atoms with Gasteiger partial charge in [0.2, 0.25) is 10.0 Å². The number of amides is 1. The molecule has 2 aromatic carbocycles. The van der Waals surface area contributed by atoms with Gasteiger partial charge in [-0.1, -0.05) is 18.2 Å². The van der Waals surface area contributed by atoms with E-state index in [1.165, 1.54) is 29.7 Å². The molecule has 0 aliphatic heterocycles. The molecule has 0 saturated heterocycles. The van der Waals surface area contributed by atoms with Crippen molar-refractivity contribution >= 4 is 23.5 Å². The lowest BCUT2D eigenvalue weighted by Gasteiger charge is -2.25. The second kappa shape index (κ2) is 11.4. The van der Waals surface area contributed by atoms with Crippen LogP contribution in [0.3, 0.4) is 0 Å². The van der Waals surface area contributed by atoms with Crippen molar-refractivity contribution in [2.24, 2.45) is 0 Å². The number of nitrogens with zero attached hydrogens (tertiary/aromatic N) is 1. The summed E-state index contributed by atoms with van der Waals surface area (Å²) in [5.74, 6) is -0.0278. The highest BCUT2D eigenvalue weighted by atomic mass is 32.2. The first kappa shape index (κ1) is 25.0. The molecule has 0 aliphatic rings. The molecule has 12 heteroatoms. The first-order chi connectivity index (χ1) is 14.7. The van der Waals surface area contributed by atoms with E-state index < -0.39 is 36.4 Å². The summed E-state index contributed by atoms with van der Waals surface area (Å²) in [6.07, 6.45) is -0.702. The molecule has 31 heavy (non-hydrogen) atoms. The Balaban J connectivity index is 2.30. The number of hydroxylamine groups is 1. The summed E-state index contributed by atoms with van der Waals surface area (Å²) < 4.78 is 55.7. The van der Waals surface area contributed by atoms with Crippen molar-refractivity contribution < 1.29 is 36.8 Å². The van der Waals surface area contributed by atoms with Crippen molar-refractivity contribution in [3.05, 3.63) is 54.6 Å². The van der Waals surface area contributed by atoms with Gasteiger partial charge < -0.3 is 13.8 Å². The van der Waals surface area contributed by atoms with Gasteiger partial charge in [0, 0.05) is 0 Å². The molecular weight excluding hydrogens is 447 g/mol. The Hall–Kier alpha value is -2.27. The Bertz CT molecular complexity index is 989. The smallest absolute Gasteiger partial charge is 0.345 e. The normalized spacial score (nSPS) is 12.0. The van der Waals surface area contributed by atoms with Gasteiger partial charge >= 0.3 is 7.60 Å². The molecular formula is C19H25N2O8PS. The molecule has 0 aromatic heterocycles. The Morgan fingerprint density at radius 2 is 1.55 bits per heavy atom. The van der Waals surface area contributed by atoms with Gasteiger partial charge in [-0.15, -0.1) is 0 Å². The second-order valence-electron chi connectivity index (χ2n) is 6.12. The van der Waals surface area contributed by atoms with Gasteiger partial charge in [0.05, 0.1) is 24.7 Å². The molecule has 10 nitrogen and oxygen atoms in total. The highest BCUT2D eigenvalue weighted by molar-refractivity contribution is 7.89. The first-order valence-corrected chi connectivity index (χ1v) is 12.5. The Labute approximate surface area is 181 Å². The molecule has 0 spiro atoms. The number of hydrogen-bond acceptors (Lipinski definition) is 8. The van der Waals surface area contributed by atoms with Crippen LogP contribution in [0, 0.1) is 0 Å². The van der Waals surface area contributed by atoms with Gasteiger partial charge in [0.25, 0.3) is 5.91 Å². The van der Waals surface area contributed by atoms with E-state index >= 15 is 0 Å². The monoisotopic (exact) mass is 472 g/mol. The van der Waals surface area contributed by atoms with E-state index in [0.29, 0.717) is 15.8 Å². The Morgan fingerprint density at radius 3 is 2.06 bits per heavy atom. The SMILES string of the molecule is CCOP(=O)(CN(CC(=O)NO)S(=O)(=O)c1ccc(Oc2ccccc2)cc1)OCC. The van der Waals surface area contributed by atoms with Crippen LogP contribution in [0.1, 0.15) is 13.8 Å². The average molecular weight is 472 g/mol. The predicted molar refractivity (Wildman–Crippen MR) is 113 cm³/mol. The molecule has 2 N–H and O–H groups in total. The lowest BCUT2D eigenvalue weighted by atomic mass is 10.3. The minimum absolute atomic E-state index is 0.0167. The Kier molecular flexibility index (Phi) is 9.17. The topological polar surface area (TPSA) is 131 Å². The van der Waals surface area contributed by atoms with E-state index in [0.717, 1.165) is 0 Å². The van der Waals surface area contributed by atoms with E-state index in [-0.39, 0.29) is 18.1 Å². The number of sulfonamides is 1. The van der Waals surface area contributed by atoms with E-state index in [1.54, 1.807) is 38.1 Å². The van der Waals surface area contributed by atoms with Crippen molar-refractivity contribution in [2.45, 2.75) is 18.7 Å². The summed E-state index contributed by atoms with van der Waals surface area (Å²) >= 11 is 0. The van der Waals surface area contributed by atoms with Gasteiger partial charge in [0.1, 0.15) is 17.8 Å². The van der Waals surface area contributed by atoms with Crippen LogP contribution in [0.15, 0.2) is 59.5 Å². The number of hydrogen-bond donors (Lipinski definition) is 2. The average Bonchev–Trinajstić information content (AvgIpc) is 2.74. The third-order valence-electron chi connectivity index (χ3n) is 3.87. The largest absolute Gasteiger partial charge is 0.457 e. The van der Waals surface area contributed by atoms with Crippen LogP contribution in [0.4, 0.5) is 0 Å². The van der Waals surface area contributed by atoms with Gasteiger partial charge in [-0.3, -0.25) is 14.6 Å². The number of rotatable bonds is 12. The third kappa shape index (κ3) is 7.13. The predicted octanol–water partition coefficient (Wildman–Crippen LogP) is 3.20. The molecule has 0 heterocycles. The van der Waals surface area contributed by atoms with Crippen LogP contribution in [0.25, 0.3) is 0 Å². The molecule has 0 radical (unpaired) electrons. The fraction of sp³-hybridized carbons (Fsp3) is 0.316. The second-order valence-corrected chi connectivity index (χ2v) is 10.1. The van der Waals surface area contributed by atoms with Crippen molar-refractivity contribution in [1.82, 2.24) is 9.79 Å². The summed E-state index contributed by atoms with van der Waals surface area (Å²) in [7, 11) is -8.15. The third-order valence-corrected chi connectivity index (χ3v) is 7.86. The Morgan fingerprint density at radius 1 is 1.00 bits per heavy atom. The molecule has 0 bridgehead atoms. The van der Waals surface area contributed by atoms with E-state index in [9.17, 15) is 17.8 Å². The molecule has 0 aliphatic carbocycles. The molecule has 170 valence electrons. The number of ether oxygens (including phenoxy) is 1. The molecule has 0 unspecified atom stereocenters. The van der Waals surface area contributed by atoms with Gasteiger partial charge in [-0.2, -0.15) is 4.31 Å². The molecule has 0 fully saturated rings. The fourth-order valence-corrected chi connectivity index (χ4v) is 6.17. The standard InChI is InChI=1S/C19H25N2O8PS/c1-3-27-30(24,28-4-2)15-21(14-19(22)20-23)31(25,26)18-12-10-17(11-13-18)29-16-8-6-5-7-9-16/h5-13,23H,3-4,14-15H2,1-2H3,(H,20,22). The molecule has 2 rings (SSSR count). The molecule has 1 amide bonds. The zero-order valence-electron chi connectivity index (χ0n) is 17.1. The lowest BCUT2D eigenvalue weighted by Crippen LogP contribution is -2.40. The highest BCUT2D eigenvalue weighted by Gasteiger charge is 2.35. The fourth-order valence-electron chi connectivity index (χ4n) is 2.57.